The van der Waals surface area contributed by atoms with E-state index in [1.54, 1.807) is 0 Å². The number of hydrogen-bond donors (Lipinski definition) is 1. The topological polar surface area (TPSA) is 58.5 Å². The maximum atomic E-state index is 9.50. The van der Waals surface area contributed by atoms with Gasteiger partial charge >= 0.3 is 0 Å². The van der Waals surface area contributed by atoms with Gasteiger partial charge in [-0.3, -0.25) is 0 Å². The molecule has 0 saturated carbocycles. The van der Waals surface area contributed by atoms with E-state index < -0.39 is 0 Å². The molecule has 0 aliphatic carbocycles. The van der Waals surface area contributed by atoms with Crippen LogP contribution in [0.1, 0.15) is 19.8 Å². The molecule has 106 valence electrons. The Morgan fingerprint density at radius 1 is 1.30 bits per heavy atom. The van der Waals surface area contributed by atoms with E-state index >= 15 is 0 Å². The van der Waals surface area contributed by atoms with E-state index in [0.717, 1.165) is 36.2 Å². The average Bonchev–Trinajstić information content (AvgIpc) is 2.95. The molecule has 20 heavy (non-hydrogen) atoms. The van der Waals surface area contributed by atoms with E-state index in [9.17, 15) is 5.11 Å². The minimum Gasteiger partial charge on any atom is -0.475 e. The molecule has 2 aromatic rings. The van der Waals surface area contributed by atoms with Crippen molar-refractivity contribution in [1.29, 1.82) is 0 Å². The Kier molecular flexibility index (Phi) is 3.69. The van der Waals surface area contributed by atoms with Gasteiger partial charge in [0.1, 0.15) is 0 Å². The zero-order valence-corrected chi connectivity index (χ0v) is 11.6. The van der Waals surface area contributed by atoms with Crippen LogP contribution in [-0.2, 0) is 0 Å². The average molecular weight is 273 g/mol. The SMILES string of the molecule is CCOc1nc2ccccc2nc1N1CCCC1CO. The number of aliphatic hydroxyl groups is 1. The van der Waals surface area contributed by atoms with Crippen molar-refractivity contribution in [2.45, 2.75) is 25.8 Å². The lowest BCUT2D eigenvalue weighted by Crippen LogP contribution is -2.33. The van der Waals surface area contributed by atoms with Crippen LogP contribution in [0.15, 0.2) is 24.3 Å². The zero-order chi connectivity index (χ0) is 13.9. The normalized spacial score (nSPS) is 18.7. The number of aliphatic hydroxyl groups excluding tert-OH is 1. The van der Waals surface area contributed by atoms with E-state index in [0.29, 0.717) is 12.5 Å². The molecule has 1 atom stereocenters. The van der Waals surface area contributed by atoms with Crippen LogP contribution in [0.4, 0.5) is 5.82 Å². The van der Waals surface area contributed by atoms with Gasteiger partial charge in [0, 0.05) is 6.54 Å². The number of para-hydroxylation sites is 2. The predicted molar refractivity (Wildman–Crippen MR) is 78.2 cm³/mol. The Balaban J connectivity index is 2.09. The third-order valence-corrected chi connectivity index (χ3v) is 3.66. The maximum Gasteiger partial charge on any atom is 0.258 e. The maximum absolute atomic E-state index is 9.50. The van der Waals surface area contributed by atoms with E-state index in [2.05, 4.69) is 9.88 Å². The first-order valence-corrected chi connectivity index (χ1v) is 7.10. The van der Waals surface area contributed by atoms with Crippen molar-refractivity contribution in [1.82, 2.24) is 9.97 Å². The summed E-state index contributed by atoms with van der Waals surface area (Å²) in [6.07, 6.45) is 2.04. The molecular weight excluding hydrogens is 254 g/mol. The molecule has 2 heterocycles. The zero-order valence-electron chi connectivity index (χ0n) is 11.6. The number of fused-ring (bicyclic) bond motifs is 1. The first-order valence-electron chi connectivity index (χ1n) is 7.10. The van der Waals surface area contributed by atoms with Gasteiger partial charge in [-0.1, -0.05) is 12.1 Å². The summed E-state index contributed by atoms with van der Waals surface area (Å²) in [6.45, 7) is 3.52. The minimum atomic E-state index is 0.115. The van der Waals surface area contributed by atoms with Gasteiger partial charge in [-0.2, -0.15) is 0 Å². The van der Waals surface area contributed by atoms with Crippen molar-refractivity contribution >= 4 is 16.9 Å². The van der Waals surface area contributed by atoms with Gasteiger partial charge in [0.2, 0.25) is 0 Å². The number of aromatic nitrogens is 2. The van der Waals surface area contributed by atoms with Crippen molar-refractivity contribution in [3.8, 4) is 5.88 Å². The molecule has 0 radical (unpaired) electrons. The lowest BCUT2D eigenvalue weighted by molar-refractivity contribution is 0.264. The summed E-state index contributed by atoms with van der Waals surface area (Å²) < 4.78 is 5.65. The van der Waals surface area contributed by atoms with Gasteiger partial charge < -0.3 is 14.7 Å². The Labute approximate surface area is 118 Å². The smallest absolute Gasteiger partial charge is 0.258 e. The molecule has 0 amide bonds. The first kappa shape index (κ1) is 13.1. The van der Waals surface area contributed by atoms with Gasteiger partial charge in [0.25, 0.3) is 5.88 Å². The highest BCUT2D eigenvalue weighted by Crippen LogP contribution is 2.32. The summed E-state index contributed by atoms with van der Waals surface area (Å²) in [6, 6.07) is 7.89. The lowest BCUT2D eigenvalue weighted by atomic mass is 10.2. The molecule has 1 fully saturated rings. The van der Waals surface area contributed by atoms with Gasteiger partial charge in [0.15, 0.2) is 5.82 Å². The van der Waals surface area contributed by atoms with Crippen LogP contribution in [0.2, 0.25) is 0 Å². The number of nitrogens with zero attached hydrogens (tertiary/aromatic N) is 3. The van der Waals surface area contributed by atoms with Crippen molar-refractivity contribution < 1.29 is 9.84 Å². The number of rotatable bonds is 4. The Bertz CT molecular complexity index is 603. The fraction of sp³-hybridized carbons (Fsp3) is 0.467. The summed E-state index contributed by atoms with van der Waals surface area (Å²) in [5.74, 6) is 1.31. The van der Waals surface area contributed by atoms with Crippen LogP contribution < -0.4 is 9.64 Å². The molecule has 0 spiro atoms. The minimum absolute atomic E-state index is 0.115. The van der Waals surface area contributed by atoms with E-state index in [4.69, 9.17) is 9.72 Å². The number of benzene rings is 1. The molecule has 0 bridgehead atoms. The fourth-order valence-corrected chi connectivity index (χ4v) is 2.70. The molecule has 1 N–H and O–H groups in total. The summed E-state index contributed by atoms with van der Waals surface area (Å²) in [5.41, 5.74) is 1.69. The van der Waals surface area contributed by atoms with Crippen LogP contribution in [0.3, 0.4) is 0 Å². The van der Waals surface area contributed by atoms with E-state index in [-0.39, 0.29) is 12.6 Å². The monoisotopic (exact) mass is 273 g/mol. The van der Waals surface area contributed by atoms with Crippen molar-refractivity contribution in [2.24, 2.45) is 0 Å². The quantitative estimate of drug-likeness (QED) is 0.923. The third kappa shape index (κ3) is 2.29. The van der Waals surface area contributed by atoms with Crippen LogP contribution in [0.5, 0.6) is 5.88 Å². The summed E-state index contributed by atoms with van der Waals surface area (Å²) in [7, 11) is 0. The Morgan fingerprint density at radius 3 is 2.75 bits per heavy atom. The van der Waals surface area contributed by atoms with Gasteiger partial charge in [-0.05, 0) is 31.9 Å². The van der Waals surface area contributed by atoms with Crippen LogP contribution in [-0.4, -0.2) is 40.9 Å². The molecule has 5 heteroatoms. The summed E-state index contributed by atoms with van der Waals surface area (Å²) >= 11 is 0. The molecule has 5 nitrogen and oxygen atoms in total. The first-order chi connectivity index (χ1) is 9.83. The van der Waals surface area contributed by atoms with Crippen LogP contribution in [0, 0.1) is 0 Å². The highest BCUT2D eigenvalue weighted by molar-refractivity contribution is 5.77. The molecule has 1 aromatic heterocycles. The second-order valence-corrected chi connectivity index (χ2v) is 4.95. The van der Waals surface area contributed by atoms with Crippen LogP contribution in [0.25, 0.3) is 11.0 Å². The molecule has 1 aliphatic heterocycles. The Hall–Kier alpha value is -1.88. The van der Waals surface area contributed by atoms with E-state index in [1.165, 1.54) is 0 Å². The number of hydrogen-bond acceptors (Lipinski definition) is 5. The molecule has 1 aromatic carbocycles. The van der Waals surface area contributed by atoms with Gasteiger partial charge in [-0.25, -0.2) is 9.97 Å². The second kappa shape index (κ2) is 5.63. The number of anilines is 1. The second-order valence-electron chi connectivity index (χ2n) is 4.95. The molecule has 1 aliphatic rings. The van der Waals surface area contributed by atoms with Gasteiger partial charge in [-0.15, -0.1) is 0 Å². The lowest BCUT2D eigenvalue weighted by Gasteiger charge is -2.25. The largest absolute Gasteiger partial charge is 0.475 e. The predicted octanol–water partition coefficient (Wildman–Crippen LogP) is 1.99. The summed E-state index contributed by atoms with van der Waals surface area (Å²) in [4.78, 5) is 11.4. The molecular formula is C15H19N3O2. The van der Waals surface area contributed by atoms with Crippen molar-refractivity contribution in [2.75, 3.05) is 24.7 Å². The highest BCUT2D eigenvalue weighted by Gasteiger charge is 2.28. The molecule has 1 saturated heterocycles. The van der Waals surface area contributed by atoms with Crippen LogP contribution >= 0.6 is 0 Å². The Morgan fingerprint density at radius 2 is 2.05 bits per heavy atom. The highest BCUT2D eigenvalue weighted by atomic mass is 16.5. The third-order valence-electron chi connectivity index (χ3n) is 3.66. The molecule has 1 unspecified atom stereocenters. The standard InChI is InChI=1S/C15H19N3O2/c1-2-20-15-14(18-9-5-6-11(18)10-19)16-12-7-3-4-8-13(12)17-15/h3-4,7-8,11,19H,2,5-6,9-10H2,1H3. The van der Waals surface area contributed by atoms with Gasteiger partial charge in [0.05, 0.1) is 30.3 Å². The number of ether oxygens (including phenoxy) is 1. The summed E-state index contributed by atoms with van der Waals surface area (Å²) in [5, 5.41) is 9.50. The van der Waals surface area contributed by atoms with Crippen molar-refractivity contribution in [3.63, 3.8) is 0 Å². The van der Waals surface area contributed by atoms with Crippen molar-refractivity contribution in [3.05, 3.63) is 24.3 Å². The molecule has 3 rings (SSSR count). The fourth-order valence-electron chi connectivity index (χ4n) is 2.70. The van der Waals surface area contributed by atoms with E-state index in [1.807, 2.05) is 31.2 Å².